The molecule has 0 spiro atoms. The molecule has 1 aromatic carbocycles. The molecule has 1 amide bonds. The summed E-state index contributed by atoms with van der Waals surface area (Å²) in [7, 11) is 1.96. The van der Waals surface area contributed by atoms with E-state index in [9.17, 15) is 9.59 Å². The van der Waals surface area contributed by atoms with Crippen LogP contribution in [-0.4, -0.2) is 78.6 Å². The van der Waals surface area contributed by atoms with Gasteiger partial charge in [0.05, 0.1) is 5.75 Å². The minimum atomic E-state index is -1.27. The van der Waals surface area contributed by atoms with Gasteiger partial charge in [-0.3, -0.25) is 4.79 Å². The van der Waals surface area contributed by atoms with E-state index < -0.39 is 5.97 Å². The number of hydrogen-bond acceptors (Lipinski definition) is 6. The second-order valence-electron chi connectivity index (χ2n) is 7.44. The smallest absolute Gasteiger partial charge is 0.346 e. The first-order valence-electron chi connectivity index (χ1n) is 12.5. The van der Waals surface area contributed by atoms with Crippen molar-refractivity contribution in [2.75, 3.05) is 57.1 Å². The van der Waals surface area contributed by atoms with Crippen LogP contribution < -0.4 is 5.32 Å². The summed E-state index contributed by atoms with van der Waals surface area (Å²) in [5.41, 5.74) is 2.28. The molecule has 1 aromatic rings. The Morgan fingerprint density at radius 1 is 1.09 bits per heavy atom. The number of thioether (sulfide) groups is 1. The van der Waals surface area contributed by atoms with Gasteiger partial charge in [-0.05, 0) is 69.3 Å². The minimum Gasteiger partial charge on any atom is -0.477 e. The zero-order chi connectivity index (χ0) is 27.1. The minimum absolute atomic E-state index is 0.0612. The van der Waals surface area contributed by atoms with Gasteiger partial charge in [0.15, 0.2) is 0 Å². The fraction of sp³-hybridized carbons (Fsp3) is 0.593. The number of carboxylic acid groups (broad SMARTS) is 1. The van der Waals surface area contributed by atoms with E-state index in [1.807, 2.05) is 27.2 Å². The topological polar surface area (TPSA) is 96.7 Å². The van der Waals surface area contributed by atoms with Crippen LogP contribution >= 0.6 is 11.8 Å². The first-order chi connectivity index (χ1) is 16.9. The van der Waals surface area contributed by atoms with E-state index in [2.05, 4.69) is 48.3 Å². The normalized spacial score (nSPS) is 10.3. The van der Waals surface area contributed by atoms with Crippen LogP contribution in [-0.2, 0) is 16.0 Å². The number of carbonyl (C=O) groups excluding carboxylic acids is 1. The van der Waals surface area contributed by atoms with Gasteiger partial charge in [0.25, 0.3) is 0 Å². The van der Waals surface area contributed by atoms with Crippen molar-refractivity contribution in [2.24, 2.45) is 0 Å². The van der Waals surface area contributed by atoms with Crippen LogP contribution in [0.1, 0.15) is 53.0 Å². The van der Waals surface area contributed by atoms with Crippen LogP contribution in [0.25, 0.3) is 0 Å². The molecule has 0 aromatic heterocycles. The Hall–Kier alpha value is -2.50. The highest BCUT2D eigenvalue weighted by molar-refractivity contribution is 7.99. The summed E-state index contributed by atoms with van der Waals surface area (Å²) in [4.78, 5) is 26.1. The number of benzene rings is 1. The average Bonchev–Trinajstić information content (AvgIpc) is 2.87. The number of carboxylic acids is 1. The number of carbonyl (C=O) groups is 2. The standard InChI is InChI=1S/C15H26N2.C10H14N2O3S.C2H6/c1-4-11-17(12-5-2)13-10-14-6-8-15(16-3)9-7-14;1-3-12(9(13)7-16-2)5-4-8(6-11)10(14)15;1-2/h6-9,16H,4-5,10-13H2,1-3H3;4H,3,5,7H2,1-2H3,(H,14,15);1-2H3. The zero-order valence-corrected chi connectivity index (χ0v) is 23.6. The van der Waals surface area contributed by atoms with Gasteiger partial charge in [0.1, 0.15) is 11.6 Å². The molecule has 7 nitrogen and oxygen atoms in total. The fourth-order valence-electron chi connectivity index (χ4n) is 3.10. The van der Waals surface area contributed by atoms with E-state index in [0.717, 1.165) is 6.42 Å². The van der Waals surface area contributed by atoms with Crippen LogP contribution in [0.4, 0.5) is 5.69 Å². The quantitative estimate of drug-likeness (QED) is 0.266. The van der Waals surface area contributed by atoms with E-state index in [1.54, 1.807) is 13.0 Å². The maximum atomic E-state index is 11.5. The Kier molecular flexibility index (Phi) is 23.0. The lowest BCUT2D eigenvalue weighted by atomic mass is 10.1. The first-order valence-corrected chi connectivity index (χ1v) is 13.8. The number of nitriles is 1. The number of amides is 1. The predicted molar refractivity (Wildman–Crippen MR) is 150 cm³/mol. The van der Waals surface area contributed by atoms with E-state index >= 15 is 0 Å². The third-order valence-corrected chi connectivity index (χ3v) is 5.44. The van der Waals surface area contributed by atoms with Crippen LogP contribution in [0.5, 0.6) is 0 Å². The summed E-state index contributed by atoms with van der Waals surface area (Å²) in [6.45, 7) is 14.6. The highest BCUT2D eigenvalue weighted by Gasteiger charge is 2.11. The summed E-state index contributed by atoms with van der Waals surface area (Å²) in [5.74, 6) is -0.971. The molecule has 1 rings (SSSR count). The third-order valence-electron chi connectivity index (χ3n) is 4.91. The van der Waals surface area contributed by atoms with Crippen molar-refractivity contribution in [2.45, 2.75) is 53.9 Å². The number of nitrogens with zero attached hydrogens (tertiary/aromatic N) is 3. The van der Waals surface area contributed by atoms with Crippen LogP contribution in [0.3, 0.4) is 0 Å². The Morgan fingerprint density at radius 3 is 2.06 bits per heavy atom. The molecular formula is C27H46N4O3S. The van der Waals surface area contributed by atoms with Crippen molar-refractivity contribution in [3.63, 3.8) is 0 Å². The van der Waals surface area contributed by atoms with Gasteiger partial charge in [-0.1, -0.05) is 39.8 Å². The molecule has 35 heavy (non-hydrogen) atoms. The van der Waals surface area contributed by atoms with Gasteiger partial charge in [0, 0.05) is 32.4 Å². The van der Waals surface area contributed by atoms with Gasteiger partial charge in [-0.25, -0.2) is 4.79 Å². The number of rotatable bonds is 14. The zero-order valence-electron chi connectivity index (χ0n) is 22.8. The number of aliphatic carboxylic acids is 1. The molecule has 0 fully saturated rings. The Balaban J connectivity index is 0. The molecule has 0 saturated carbocycles. The number of hydrogen-bond donors (Lipinski definition) is 2. The Morgan fingerprint density at radius 2 is 1.66 bits per heavy atom. The molecule has 8 heteroatoms. The lowest BCUT2D eigenvalue weighted by Gasteiger charge is -2.20. The van der Waals surface area contributed by atoms with Gasteiger partial charge in [-0.15, -0.1) is 0 Å². The second kappa shape index (κ2) is 23.3. The molecule has 2 N–H and O–H groups in total. The Bertz CT molecular complexity index is 755. The van der Waals surface area contributed by atoms with Gasteiger partial charge >= 0.3 is 5.97 Å². The van der Waals surface area contributed by atoms with Crippen molar-refractivity contribution in [1.82, 2.24) is 9.80 Å². The summed E-state index contributed by atoms with van der Waals surface area (Å²) in [5, 5.41) is 20.3. The molecular weight excluding hydrogens is 460 g/mol. The molecule has 0 heterocycles. The van der Waals surface area contributed by atoms with E-state index in [1.165, 1.54) is 66.5 Å². The number of likely N-dealkylation sites (N-methyl/N-ethyl adjacent to an activating group) is 1. The van der Waals surface area contributed by atoms with Gasteiger partial charge in [0.2, 0.25) is 5.91 Å². The second-order valence-corrected chi connectivity index (χ2v) is 8.30. The molecule has 0 unspecified atom stereocenters. The lowest BCUT2D eigenvalue weighted by molar-refractivity contribution is -0.132. The van der Waals surface area contributed by atoms with Gasteiger partial charge in [-0.2, -0.15) is 17.0 Å². The van der Waals surface area contributed by atoms with Crippen LogP contribution in [0.15, 0.2) is 35.9 Å². The SMILES string of the molecule is CC.CCCN(CCC)CCc1ccc(NC)cc1.CCN(CC=C(C#N)C(=O)O)C(=O)CSC. The molecule has 0 saturated heterocycles. The monoisotopic (exact) mass is 506 g/mol. The molecule has 0 bridgehead atoms. The number of anilines is 1. The van der Waals surface area contributed by atoms with Crippen LogP contribution in [0, 0.1) is 11.3 Å². The van der Waals surface area contributed by atoms with E-state index in [4.69, 9.17) is 10.4 Å². The molecule has 0 atom stereocenters. The van der Waals surface area contributed by atoms with Crippen molar-refractivity contribution >= 4 is 29.3 Å². The molecule has 0 radical (unpaired) electrons. The average molecular weight is 507 g/mol. The lowest BCUT2D eigenvalue weighted by Crippen LogP contribution is -2.32. The summed E-state index contributed by atoms with van der Waals surface area (Å²) in [6.07, 6.45) is 6.73. The largest absolute Gasteiger partial charge is 0.477 e. The highest BCUT2D eigenvalue weighted by Crippen LogP contribution is 2.10. The predicted octanol–water partition coefficient (Wildman–Crippen LogP) is 5.15. The van der Waals surface area contributed by atoms with Crippen LogP contribution in [0.2, 0.25) is 0 Å². The van der Waals surface area contributed by atoms with Crippen molar-refractivity contribution < 1.29 is 14.7 Å². The van der Waals surface area contributed by atoms with Crippen molar-refractivity contribution in [1.29, 1.82) is 5.26 Å². The summed E-state index contributed by atoms with van der Waals surface area (Å²) in [6, 6.07) is 10.3. The maximum Gasteiger partial charge on any atom is 0.346 e. The maximum absolute atomic E-state index is 11.5. The van der Waals surface area contributed by atoms with Gasteiger partial charge < -0.3 is 20.2 Å². The van der Waals surface area contributed by atoms with Crippen molar-refractivity contribution in [3.8, 4) is 6.07 Å². The summed E-state index contributed by atoms with van der Waals surface area (Å²) < 4.78 is 0. The fourth-order valence-corrected chi connectivity index (χ4v) is 3.53. The summed E-state index contributed by atoms with van der Waals surface area (Å²) >= 11 is 1.41. The molecule has 0 aliphatic carbocycles. The van der Waals surface area contributed by atoms with Crippen molar-refractivity contribution in [3.05, 3.63) is 41.5 Å². The molecule has 198 valence electrons. The molecule has 0 aliphatic rings. The number of nitrogens with one attached hydrogen (secondary N) is 1. The van der Waals surface area contributed by atoms with E-state index in [-0.39, 0.29) is 18.0 Å². The Labute approximate surface area is 217 Å². The third kappa shape index (κ3) is 16.7. The first kappa shape index (κ1) is 34.7. The van der Waals surface area contributed by atoms with E-state index in [0.29, 0.717) is 12.3 Å². The highest BCUT2D eigenvalue weighted by atomic mass is 32.2. The molecule has 0 aliphatic heterocycles.